The Bertz CT molecular complexity index is 490. The van der Waals surface area contributed by atoms with Gasteiger partial charge in [0.15, 0.2) is 0 Å². The van der Waals surface area contributed by atoms with Crippen molar-refractivity contribution in [2.75, 3.05) is 11.5 Å². The molecule has 0 fully saturated rings. The molecule has 0 atom stereocenters. The van der Waals surface area contributed by atoms with Gasteiger partial charge < -0.3 is 11.5 Å². The van der Waals surface area contributed by atoms with Gasteiger partial charge in [0.2, 0.25) is 0 Å². The Morgan fingerprint density at radius 2 is 1.67 bits per heavy atom. The van der Waals surface area contributed by atoms with Gasteiger partial charge in [0.1, 0.15) is 11.5 Å². The largest absolute Gasteiger partial charge is 0.391 e. The molecule has 6 nitrogen and oxygen atoms in total. The Morgan fingerprint density at radius 3 is 2.33 bits per heavy atom. The summed E-state index contributed by atoms with van der Waals surface area (Å²) < 4.78 is 1.33. The molecule has 0 unspecified atom stereocenters. The molecule has 0 radical (unpaired) electrons. The summed E-state index contributed by atoms with van der Waals surface area (Å²) >= 11 is 0. The molecule has 102 valence electrons. The molecule has 18 heavy (non-hydrogen) atoms. The summed E-state index contributed by atoms with van der Waals surface area (Å²) in [6.07, 6.45) is 6.73. The normalized spacial score (nSPS) is 10.7. The number of H-pyrrole nitrogens is 1. The van der Waals surface area contributed by atoms with E-state index in [2.05, 4.69) is 11.9 Å². The Hall–Kier alpha value is -1.72. The molecule has 0 saturated heterocycles. The van der Waals surface area contributed by atoms with Crippen molar-refractivity contribution >= 4 is 11.5 Å². The van der Waals surface area contributed by atoms with Crippen molar-refractivity contribution in [3.8, 4) is 0 Å². The zero-order valence-electron chi connectivity index (χ0n) is 10.9. The molecule has 1 aromatic rings. The quantitative estimate of drug-likeness (QED) is 0.632. The number of nitrogens with one attached hydrogen (secondary N) is 1. The first-order valence-corrected chi connectivity index (χ1v) is 6.46. The second kappa shape index (κ2) is 6.88. The number of hydrogen-bond donors (Lipinski definition) is 3. The average molecular weight is 254 g/mol. The minimum absolute atomic E-state index is 0.0670. The van der Waals surface area contributed by atoms with Crippen molar-refractivity contribution in [2.24, 2.45) is 0 Å². The van der Waals surface area contributed by atoms with Gasteiger partial charge in [-0.25, -0.2) is 4.79 Å². The molecule has 1 heterocycles. The van der Waals surface area contributed by atoms with E-state index < -0.39 is 11.2 Å². The number of aromatic amines is 1. The van der Waals surface area contributed by atoms with Gasteiger partial charge in [-0.3, -0.25) is 14.3 Å². The first-order valence-electron chi connectivity index (χ1n) is 6.46. The first-order chi connectivity index (χ1) is 8.57. The van der Waals surface area contributed by atoms with E-state index in [9.17, 15) is 9.59 Å². The SMILES string of the molecule is CCCCCCCCn1c(N)c(N)c(=O)[nH]c1=O. The van der Waals surface area contributed by atoms with Crippen LogP contribution in [0.1, 0.15) is 45.4 Å². The van der Waals surface area contributed by atoms with Crippen LogP contribution in [0.4, 0.5) is 11.5 Å². The molecule has 1 aromatic heterocycles. The molecule has 0 amide bonds. The van der Waals surface area contributed by atoms with Gasteiger partial charge in [0, 0.05) is 6.54 Å². The molecule has 0 aliphatic heterocycles. The minimum Gasteiger partial charge on any atom is -0.391 e. The summed E-state index contributed by atoms with van der Waals surface area (Å²) in [5.74, 6) is 0.0670. The van der Waals surface area contributed by atoms with Crippen LogP contribution in [0.2, 0.25) is 0 Å². The highest BCUT2D eigenvalue weighted by Gasteiger charge is 2.08. The van der Waals surface area contributed by atoms with Crippen LogP contribution in [0.15, 0.2) is 9.59 Å². The van der Waals surface area contributed by atoms with E-state index in [1.54, 1.807) is 0 Å². The third kappa shape index (κ3) is 3.65. The van der Waals surface area contributed by atoms with Gasteiger partial charge in [-0.2, -0.15) is 0 Å². The number of nitrogen functional groups attached to an aromatic ring is 2. The first kappa shape index (κ1) is 14.3. The number of nitrogens with zero attached hydrogens (tertiary/aromatic N) is 1. The fourth-order valence-corrected chi connectivity index (χ4v) is 1.88. The molecule has 6 heteroatoms. The lowest BCUT2D eigenvalue weighted by Gasteiger charge is -2.10. The van der Waals surface area contributed by atoms with E-state index in [0.717, 1.165) is 19.3 Å². The van der Waals surface area contributed by atoms with Crippen LogP contribution in [-0.2, 0) is 6.54 Å². The lowest BCUT2D eigenvalue weighted by Crippen LogP contribution is -2.33. The summed E-state index contributed by atoms with van der Waals surface area (Å²) in [6.45, 7) is 2.67. The van der Waals surface area contributed by atoms with Crippen molar-refractivity contribution in [2.45, 2.75) is 52.0 Å². The highest BCUT2D eigenvalue weighted by Crippen LogP contribution is 2.09. The Balaban J connectivity index is 2.55. The number of unbranched alkanes of at least 4 members (excludes halogenated alkanes) is 5. The lowest BCUT2D eigenvalue weighted by atomic mass is 10.1. The van der Waals surface area contributed by atoms with Gasteiger partial charge >= 0.3 is 5.69 Å². The average Bonchev–Trinajstić information content (AvgIpc) is 2.34. The van der Waals surface area contributed by atoms with E-state index in [1.807, 2.05) is 0 Å². The highest BCUT2D eigenvalue weighted by atomic mass is 16.2. The molecular formula is C12H22N4O2. The molecular weight excluding hydrogens is 232 g/mol. The lowest BCUT2D eigenvalue weighted by molar-refractivity contribution is 0.547. The van der Waals surface area contributed by atoms with Crippen molar-refractivity contribution in [1.29, 1.82) is 0 Å². The zero-order valence-corrected chi connectivity index (χ0v) is 10.9. The smallest absolute Gasteiger partial charge is 0.330 e. The number of nitrogens with two attached hydrogens (primary N) is 2. The van der Waals surface area contributed by atoms with E-state index in [0.29, 0.717) is 6.54 Å². The molecule has 0 spiro atoms. The van der Waals surface area contributed by atoms with Gasteiger partial charge in [0.05, 0.1) is 0 Å². The maximum atomic E-state index is 11.6. The van der Waals surface area contributed by atoms with Gasteiger partial charge in [-0.05, 0) is 6.42 Å². The van der Waals surface area contributed by atoms with Crippen molar-refractivity contribution in [3.63, 3.8) is 0 Å². The molecule has 1 rings (SSSR count). The summed E-state index contributed by atoms with van der Waals surface area (Å²) in [4.78, 5) is 24.9. The van der Waals surface area contributed by atoms with Gasteiger partial charge in [-0.15, -0.1) is 0 Å². The number of hydrogen-bond acceptors (Lipinski definition) is 4. The molecule has 0 bridgehead atoms. The molecule has 0 saturated carbocycles. The second-order valence-electron chi connectivity index (χ2n) is 4.48. The molecule has 0 aromatic carbocycles. The third-order valence-electron chi connectivity index (χ3n) is 3.01. The van der Waals surface area contributed by atoms with Crippen LogP contribution in [0.25, 0.3) is 0 Å². The van der Waals surface area contributed by atoms with Gasteiger partial charge in [0.25, 0.3) is 5.56 Å². The third-order valence-corrected chi connectivity index (χ3v) is 3.01. The Labute approximate surface area is 106 Å². The van der Waals surface area contributed by atoms with Crippen LogP contribution >= 0.6 is 0 Å². The van der Waals surface area contributed by atoms with E-state index in [4.69, 9.17) is 11.5 Å². The summed E-state index contributed by atoms with van der Waals surface area (Å²) in [5, 5.41) is 0. The number of anilines is 2. The fourth-order valence-electron chi connectivity index (χ4n) is 1.88. The summed E-state index contributed by atoms with van der Waals surface area (Å²) in [7, 11) is 0. The van der Waals surface area contributed by atoms with E-state index >= 15 is 0 Å². The number of rotatable bonds is 7. The fraction of sp³-hybridized carbons (Fsp3) is 0.667. The maximum absolute atomic E-state index is 11.6. The van der Waals surface area contributed by atoms with Crippen LogP contribution in [0.5, 0.6) is 0 Å². The van der Waals surface area contributed by atoms with E-state index in [-0.39, 0.29) is 11.5 Å². The van der Waals surface area contributed by atoms with Crippen LogP contribution in [0.3, 0.4) is 0 Å². The highest BCUT2D eigenvalue weighted by molar-refractivity contribution is 5.56. The predicted octanol–water partition coefficient (Wildman–Crippen LogP) is 1.06. The standard InChI is InChI=1S/C12H22N4O2/c1-2-3-4-5-6-7-8-16-10(14)9(13)11(17)15-12(16)18/h2-8,13-14H2,1H3,(H,15,17,18). The van der Waals surface area contributed by atoms with Crippen LogP contribution in [-0.4, -0.2) is 9.55 Å². The molecule has 0 aliphatic carbocycles. The predicted molar refractivity (Wildman–Crippen MR) is 73.5 cm³/mol. The Kier molecular flexibility index (Phi) is 5.48. The van der Waals surface area contributed by atoms with Crippen molar-refractivity contribution in [3.05, 3.63) is 20.8 Å². The van der Waals surface area contributed by atoms with Crippen molar-refractivity contribution in [1.82, 2.24) is 9.55 Å². The number of aromatic nitrogens is 2. The molecule has 5 N–H and O–H groups in total. The van der Waals surface area contributed by atoms with Crippen LogP contribution in [0, 0.1) is 0 Å². The zero-order chi connectivity index (χ0) is 13.5. The van der Waals surface area contributed by atoms with E-state index in [1.165, 1.54) is 23.8 Å². The summed E-state index contributed by atoms with van der Waals surface area (Å²) in [5.41, 5.74) is 9.97. The van der Waals surface area contributed by atoms with Gasteiger partial charge in [-0.1, -0.05) is 39.0 Å². The topological polar surface area (TPSA) is 107 Å². The monoisotopic (exact) mass is 254 g/mol. The van der Waals surface area contributed by atoms with Crippen molar-refractivity contribution < 1.29 is 0 Å². The Morgan fingerprint density at radius 1 is 1.06 bits per heavy atom. The van der Waals surface area contributed by atoms with Crippen LogP contribution < -0.4 is 22.7 Å². The second-order valence-corrected chi connectivity index (χ2v) is 4.48. The minimum atomic E-state index is -0.614. The molecule has 0 aliphatic rings. The summed E-state index contributed by atoms with van der Waals surface area (Å²) in [6, 6.07) is 0. The maximum Gasteiger partial charge on any atom is 0.330 e.